The summed E-state index contributed by atoms with van der Waals surface area (Å²) < 4.78 is 11.1. The van der Waals surface area contributed by atoms with E-state index in [0.717, 1.165) is 58.3 Å². The maximum atomic E-state index is 5.71. The van der Waals surface area contributed by atoms with Gasteiger partial charge in [0.25, 0.3) is 0 Å². The summed E-state index contributed by atoms with van der Waals surface area (Å²) in [7, 11) is 1.81. The molecule has 1 aromatic rings. The molecule has 2 rings (SSSR count). The van der Waals surface area contributed by atoms with Gasteiger partial charge in [-0.15, -0.1) is 35.7 Å². The van der Waals surface area contributed by atoms with Crippen LogP contribution in [0.5, 0.6) is 0 Å². The first-order valence-corrected chi connectivity index (χ1v) is 9.97. The molecule has 2 N–H and O–H groups in total. The lowest BCUT2D eigenvalue weighted by atomic mass is 10.1. The molecule has 2 atom stereocenters. The third kappa shape index (κ3) is 9.99. The van der Waals surface area contributed by atoms with Crippen LogP contribution in [0.15, 0.2) is 40.2 Å². The molecule has 0 radical (unpaired) electrons. The van der Waals surface area contributed by atoms with Crippen molar-refractivity contribution in [1.29, 1.82) is 0 Å². The van der Waals surface area contributed by atoms with Crippen molar-refractivity contribution in [3.63, 3.8) is 0 Å². The van der Waals surface area contributed by atoms with Crippen LogP contribution >= 0.6 is 35.7 Å². The quantitative estimate of drug-likeness (QED) is 0.172. The van der Waals surface area contributed by atoms with Gasteiger partial charge in [-0.1, -0.05) is 25.1 Å². The largest absolute Gasteiger partial charge is 0.381 e. The van der Waals surface area contributed by atoms with E-state index in [-0.39, 0.29) is 24.0 Å². The molecule has 0 saturated carbocycles. The molecule has 1 fully saturated rings. The van der Waals surface area contributed by atoms with Gasteiger partial charge in [0, 0.05) is 49.4 Å². The van der Waals surface area contributed by atoms with Crippen molar-refractivity contribution in [2.24, 2.45) is 10.9 Å². The average molecular weight is 493 g/mol. The van der Waals surface area contributed by atoms with Crippen LogP contribution in [0.25, 0.3) is 0 Å². The Morgan fingerprint density at radius 3 is 2.85 bits per heavy atom. The van der Waals surface area contributed by atoms with Gasteiger partial charge in [0.05, 0.1) is 13.2 Å². The topological polar surface area (TPSA) is 54.9 Å². The van der Waals surface area contributed by atoms with Gasteiger partial charge in [-0.3, -0.25) is 4.99 Å². The molecular weight excluding hydrogens is 461 g/mol. The van der Waals surface area contributed by atoms with Gasteiger partial charge in [-0.2, -0.15) is 0 Å². The van der Waals surface area contributed by atoms with E-state index in [0.29, 0.717) is 11.2 Å². The van der Waals surface area contributed by atoms with Crippen LogP contribution in [-0.2, 0) is 9.47 Å². The third-order valence-electron chi connectivity index (χ3n) is 4.00. The second-order valence-electron chi connectivity index (χ2n) is 6.28. The van der Waals surface area contributed by atoms with E-state index in [1.807, 2.05) is 17.8 Å². The number of aliphatic imine (C=N–C) groups is 1. The van der Waals surface area contributed by atoms with Crippen molar-refractivity contribution in [2.45, 2.75) is 29.9 Å². The van der Waals surface area contributed by atoms with Crippen LogP contribution in [0.3, 0.4) is 0 Å². The predicted octanol–water partition coefficient (Wildman–Crippen LogP) is 3.39. The summed E-state index contributed by atoms with van der Waals surface area (Å²) in [6.45, 7) is 7.30. The zero-order valence-corrected chi connectivity index (χ0v) is 18.9. The van der Waals surface area contributed by atoms with Gasteiger partial charge in [-0.05, 0) is 25.0 Å². The van der Waals surface area contributed by atoms with E-state index in [1.54, 1.807) is 7.05 Å². The van der Waals surface area contributed by atoms with Gasteiger partial charge in [0.2, 0.25) is 0 Å². The number of nitrogens with zero attached hydrogens (tertiary/aromatic N) is 1. The summed E-state index contributed by atoms with van der Waals surface area (Å²) in [5.74, 6) is 1.44. The molecule has 7 heteroatoms. The molecule has 1 saturated heterocycles. The molecule has 1 aromatic carbocycles. The first-order valence-electron chi connectivity index (χ1n) is 9.09. The highest BCUT2D eigenvalue weighted by Gasteiger charge is 2.15. The number of thioether (sulfide) groups is 1. The molecule has 1 heterocycles. The van der Waals surface area contributed by atoms with Crippen molar-refractivity contribution in [3.05, 3.63) is 30.3 Å². The fraction of sp³-hybridized carbons (Fsp3) is 0.632. The van der Waals surface area contributed by atoms with E-state index in [2.05, 4.69) is 46.8 Å². The molecule has 2 unspecified atom stereocenters. The summed E-state index contributed by atoms with van der Waals surface area (Å²) in [6.07, 6.45) is 2.11. The summed E-state index contributed by atoms with van der Waals surface area (Å²) in [4.78, 5) is 5.57. The number of ether oxygens (including phenoxy) is 2. The third-order valence-corrected chi connectivity index (χ3v) is 5.11. The lowest BCUT2D eigenvalue weighted by Gasteiger charge is -2.16. The Morgan fingerprint density at radius 1 is 1.35 bits per heavy atom. The van der Waals surface area contributed by atoms with Crippen LogP contribution in [0.1, 0.15) is 19.8 Å². The lowest BCUT2D eigenvalue weighted by Crippen LogP contribution is -2.40. The summed E-state index contributed by atoms with van der Waals surface area (Å²) in [6, 6.07) is 10.5. The minimum absolute atomic E-state index is 0. The summed E-state index contributed by atoms with van der Waals surface area (Å²) >= 11 is 1.87. The Kier molecular flexibility index (Phi) is 13.2. The smallest absolute Gasteiger partial charge is 0.191 e. The Labute approximate surface area is 179 Å². The van der Waals surface area contributed by atoms with Crippen molar-refractivity contribution in [2.75, 3.05) is 46.6 Å². The normalized spacial score (nSPS) is 18.2. The monoisotopic (exact) mass is 493 g/mol. The number of rotatable bonds is 10. The van der Waals surface area contributed by atoms with E-state index >= 15 is 0 Å². The Morgan fingerprint density at radius 2 is 2.15 bits per heavy atom. The Bertz CT molecular complexity index is 499. The molecule has 0 spiro atoms. The molecule has 0 amide bonds. The van der Waals surface area contributed by atoms with Crippen LogP contribution in [0, 0.1) is 5.92 Å². The zero-order valence-electron chi connectivity index (χ0n) is 15.8. The Hall–Kier alpha value is -0.510. The van der Waals surface area contributed by atoms with Crippen molar-refractivity contribution < 1.29 is 9.47 Å². The SMILES string of the molecule is CN=C(NCCCOCC1CCOC1)NCC(C)Sc1ccccc1.I. The number of hydrogen-bond acceptors (Lipinski definition) is 4. The zero-order chi connectivity index (χ0) is 17.7. The average Bonchev–Trinajstić information content (AvgIpc) is 3.15. The summed E-state index contributed by atoms with van der Waals surface area (Å²) in [5.41, 5.74) is 0. The lowest BCUT2D eigenvalue weighted by molar-refractivity contribution is 0.0888. The van der Waals surface area contributed by atoms with E-state index < -0.39 is 0 Å². The number of halogens is 1. The molecular formula is C19H32IN3O2S. The van der Waals surface area contributed by atoms with Crippen LogP contribution in [0.2, 0.25) is 0 Å². The molecule has 0 aromatic heterocycles. The number of hydrogen-bond donors (Lipinski definition) is 2. The molecule has 148 valence electrons. The summed E-state index contributed by atoms with van der Waals surface area (Å²) in [5, 5.41) is 7.20. The van der Waals surface area contributed by atoms with E-state index in [4.69, 9.17) is 9.47 Å². The van der Waals surface area contributed by atoms with E-state index in [9.17, 15) is 0 Å². The van der Waals surface area contributed by atoms with Gasteiger partial charge < -0.3 is 20.1 Å². The number of nitrogens with one attached hydrogen (secondary N) is 2. The standard InChI is InChI=1S/C19H31N3O2S.HI/c1-16(25-18-7-4-3-5-8-18)13-22-19(20-2)21-10-6-11-23-14-17-9-12-24-15-17;/h3-5,7-8,16-17H,6,9-15H2,1-2H3,(H2,20,21,22);1H. The fourth-order valence-electron chi connectivity index (χ4n) is 2.58. The van der Waals surface area contributed by atoms with Crippen LogP contribution in [-0.4, -0.2) is 57.8 Å². The second kappa shape index (κ2) is 14.5. The minimum Gasteiger partial charge on any atom is -0.381 e. The maximum absolute atomic E-state index is 5.71. The molecule has 1 aliphatic heterocycles. The molecule has 1 aliphatic rings. The molecule has 0 bridgehead atoms. The highest BCUT2D eigenvalue weighted by atomic mass is 127. The highest BCUT2D eigenvalue weighted by Crippen LogP contribution is 2.21. The van der Waals surface area contributed by atoms with Gasteiger partial charge in [-0.25, -0.2) is 0 Å². The number of benzene rings is 1. The van der Waals surface area contributed by atoms with Gasteiger partial charge in [0.15, 0.2) is 5.96 Å². The molecule has 0 aliphatic carbocycles. The highest BCUT2D eigenvalue weighted by molar-refractivity contribution is 14.0. The van der Waals surface area contributed by atoms with Gasteiger partial charge >= 0.3 is 0 Å². The first-order chi connectivity index (χ1) is 12.3. The maximum Gasteiger partial charge on any atom is 0.191 e. The van der Waals surface area contributed by atoms with Crippen molar-refractivity contribution >= 4 is 41.7 Å². The van der Waals surface area contributed by atoms with Gasteiger partial charge in [0.1, 0.15) is 0 Å². The van der Waals surface area contributed by atoms with E-state index in [1.165, 1.54) is 4.90 Å². The van der Waals surface area contributed by atoms with Crippen LogP contribution in [0.4, 0.5) is 0 Å². The predicted molar refractivity (Wildman–Crippen MR) is 121 cm³/mol. The minimum atomic E-state index is 0. The molecule has 5 nitrogen and oxygen atoms in total. The number of guanidine groups is 1. The Balaban J connectivity index is 0.00000338. The van der Waals surface area contributed by atoms with Crippen LogP contribution < -0.4 is 10.6 Å². The van der Waals surface area contributed by atoms with Crippen molar-refractivity contribution in [3.8, 4) is 0 Å². The molecule has 26 heavy (non-hydrogen) atoms. The fourth-order valence-corrected chi connectivity index (χ4v) is 3.53. The van der Waals surface area contributed by atoms with Crippen molar-refractivity contribution in [1.82, 2.24) is 10.6 Å². The second-order valence-corrected chi connectivity index (χ2v) is 7.79. The first kappa shape index (κ1) is 23.5.